The van der Waals surface area contributed by atoms with Crippen LogP contribution in [0.15, 0.2) is 24.3 Å². The van der Waals surface area contributed by atoms with Crippen LogP contribution in [-0.2, 0) is 4.79 Å². The molecule has 1 aromatic rings. The molecule has 1 aliphatic rings. The zero-order valence-electron chi connectivity index (χ0n) is 11.1. The van der Waals surface area contributed by atoms with Crippen LogP contribution in [-0.4, -0.2) is 30.6 Å². The summed E-state index contributed by atoms with van der Waals surface area (Å²) in [5.74, 6) is 0.705. The van der Waals surface area contributed by atoms with Gasteiger partial charge in [0.15, 0.2) is 0 Å². The number of nitrogens with two attached hydrogens (primary N) is 1. The Morgan fingerprint density at radius 2 is 2.11 bits per heavy atom. The first-order chi connectivity index (χ1) is 9.24. The lowest BCUT2D eigenvalue weighted by Crippen LogP contribution is -2.45. The highest BCUT2D eigenvalue weighted by Gasteiger charge is 2.12. The van der Waals surface area contributed by atoms with Gasteiger partial charge in [0, 0.05) is 24.8 Å². The van der Waals surface area contributed by atoms with Gasteiger partial charge in [-0.1, -0.05) is 12.5 Å². The van der Waals surface area contributed by atoms with E-state index in [9.17, 15) is 4.79 Å². The third-order valence-corrected chi connectivity index (χ3v) is 3.09. The fourth-order valence-corrected chi connectivity index (χ4v) is 2.10. The highest BCUT2D eigenvalue weighted by molar-refractivity contribution is 5.75. The number of ether oxygens (including phenoxy) is 1. The van der Waals surface area contributed by atoms with Gasteiger partial charge in [-0.2, -0.15) is 0 Å². The van der Waals surface area contributed by atoms with E-state index in [-0.39, 0.29) is 5.91 Å². The molecule has 1 aliphatic heterocycles. The summed E-state index contributed by atoms with van der Waals surface area (Å²) in [7, 11) is 0. The van der Waals surface area contributed by atoms with Crippen LogP contribution in [0.3, 0.4) is 0 Å². The summed E-state index contributed by atoms with van der Waals surface area (Å²) in [5, 5.41) is 1.99. The van der Waals surface area contributed by atoms with E-state index in [2.05, 4.69) is 5.43 Å². The van der Waals surface area contributed by atoms with Crippen molar-refractivity contribution in [3.63, 3.8) is 0 Å². The Bertz CT molecular complexity index is 417. The zero-order chi connectivity index (χ0) is 13.5. The molecule has 1 fully saturated rings. The van der Waals surface area contributed by atoms with Crippen molar-refractivity contribution in [1.82, 2.24) is 10.4 Å². The molecule has 1 amide bonds. The molecule has 0 atom stereocenters. The van der Waals surface area contributed by atoms with Gasteiger partial charge in [0.1, 0.15) is 5.75 Å². The van der Waals surface area contributed by atoms with Gasteiger partial charge in [-0.15, -0.1) is 0 Å². The Morgan fingerprint density at radius 3 is 2.84 bits per heavy atom. The summed E-state index contributed by atoms with van der Waals surface area (Å²) in [4.78, 5) is 11.7. The van der Waals surface area contributed by atoms with Gasteiger partial charge in [-0.25, -0.2) is 5.01 Å². The molecule has 5 nitrogen and oxygen atoms in total. The lowest BCUT2D eigenvalue weighted by Gasteiger charge is -2.26. The van der Waals surface area contributed by atoms with Crippen molar-refractivity contribution in [2.24, 2.45) is 0 Å². The zero-order valence-corrected chi connectivity index (χ0v) is 11.1. The number of nitrogen functional groups attached to an aromatic ring is 1. The van der Waals surface area contributed by atoms with Crippen molar-refractivity contribution in [2.75, 3.05) is 25.4 Å². The summed E-state index contributed by atoms with van der Waals surface area (Å²) < 4.78 is 5.49. The van der Waals surface area contributed by atoms with E-state index in [1.165, 1.54) is 6.42 Å². The van der Waals surface area contributed by atoms with Crippen molar-refractivity contribution in [3.05, 3.63) is 24.3 Å². The van der Waals surface area contributed by atoms with E-state index in [0.717, 1.165) is 25.9 Å². The van der Waals surface area contributed by atoms with Crippen molar-refractivity contribution >= 4 is 11.6 Å². The fraction of sp³-hybridized carbons (Fsp3) is 0.500. The fourth-order valence-electron chi connectivity index (χ4n) is 2.10. The highest BCUT2D eigenvalue weighted by atomic mass is 16.5. The number of hydrogen-bond donors (Lipinski definition) is 2. The van der Waals surface area contributed by atoms with E-state index in [4.69, 9.17) is 10.5 Å². The quantitative estimate of drug-likeness (QED) is 0.791. The summed E-state index contributed by atoms with van der Waals surface area (Å²) in [6, 6.07) is 7.22. The number of hydrazine groups is 1. The Morgan fingerprint density at radius 1 is 1.32 bits per heavy atom. The van der Waals surface area contributed by atoms with Crippen molar-refractivity contribution in [1.29, 1.82) is 0 Å². The predicted octanol–water partition coefficient (Wildman–Crippen LogP) is 1.55. The van der Waals surface area contributed by atoms with Gasteiger partial charge >= 0.3 is 0 Å². The highest BCUT2D eigenvalue weighted by Crippen LogP contribution is 2.14. The molecule has 0 aliphatic carbocycles. The summed E-state index contributed by atoms with van der Waals surface area (Å²) in [6.45, 7) is 2.26. The first-order valence-corrected chi connectivity index (χ1v) is 6.77. The van der Waals surface area contributed by atoms with Crippen molar-refractivity contribution in [3.8, 4) is 5.75 Å². The third-order valence-electron chi connectivity index (χ3n) is 3.09. The van der Waals surface area contributed by atoms with Crippen LogP contribution in [0.4, 0.5) is 5.69 Å². The van der Waals surface area contributed by atoms with Gasteiger partial charge in [0.05, 0.1) is 13.0 Å². The number of nitrogens with one attached hydrogen (secondary N) is 1. The monoisotopic (exact) mass is 263 g/mol. The molecule has 19 heavy (non-hydrogen) atoms. The maximum atomic E-state index is 11.7. The maximum absolute atomic E-state index is 11.7. The molecule has 5 heteroatoms. The minimum absolute atomic E-state index is 0.00537. The summed E-state index contributed by atoms with van der Waals surface area (Å²) in [6.07, 6.45) is 3.91. The lowest BCUT2D eigenvalue weighted by molar-refractivity contribution is -0.126. The predicted molar refractivity (Wildman–Crippen MR) is 74.5 cm³/mol. The molecule has 1 heterocycles. The van der Waals surface area contributed by atoms with Crippen LogP contribution >= 0.6 is 0 Å². The van der Waals surface area contributed by atoms with Crippen LogP contribution in [0.5, 0.6) is 5.75 Å². The van der Waals surface area contributed by atoms with Crippen molar-refractivity contribution < 1.29 is 9.53 Å². The number of hydrogen-bond acceptors (Lipinski definition) is 4. The Balaban J connectivity index is 1.66. The van der Waals surface area contributed by atoms with E-state index < -0.39 is 0 Å². The summed E-state index contributed by atoms with van der Waals surface area (Å²) in [5.41, 5.74) is 9.22. The average Bonchev–Trinajstić information content (AvgIpc) is 2.40. The molecule has 1 saturated heterocycles. The first kappa shape index (κ1) is 13.7. The second-order valence-electron chi connectivity index (χ2n) is 4.75. The number of nitrogens with zero attached hydrogens (tertiary/aromatic N) is 1. The number of piperidine rings is 1. The second-order valence-corrected chi connectivity index (χ2v) is 4.75. The van der Waals surface area contributed by atoms with E-state index in [0.29, 0.717) is 24.5 Å². The van der Waals surface area contributed by atoms with Gasteiger partial charge in [-0.3, -0.25) is 10.2 Å². The third kappa shape index (κ3) is 4.79. The van der Waals surface area contributed by atoms with E-state index in [1.807, 2.05) is 17.1 Å². The van der Waals surface area contributed by atoms with Crippen LogP contribution in [0, 0.1) is 0 Å². The molecule has 0 unspecified atom stereocenters. The normalized spacial score (nSPS) is 16.0. The van der Waals surface area contributed by atoms with Crippen LogP contribution < -0.4 is 15.9 Å². The SMILES string of the molecule is Nc1cccc(OCCC(=O)NN2CCCCC2)c1. The maximum Gasteiger partial charge on any atom is 0.237 e. The van der Waals surface area contributed by atoms with Gasteiger partial charge < -0.3 is 10.5 Å². The largest absolute Gasteiger partial charge is 0.493 e. The molecule has 2 rings (SSSR count). The minimum Gasteiger partial charge on any atom is -0.493 e. The molecule has 0 spiro atoms. The van der Waals surface area contributed by atoms with Crippen LogP contribution in [0.1, 0.15) is 25.7 Å². The molecule has 3 N–H and O–H groups in total. The Hall–Kier alpha value is -1.75. The number of carbonyl (C=O) groups excluding carboxylic acids is 1. The average molecular weight is 263 g/mol. The molecule has 0 aromatic heterocycles. The molecular formula is C14H21N3O2. The molecule has 104 valence electrons. The lowest BCUT2D eigenvalue weighted by atomic mass is 10.2. The Kier molecular flexibility index (Phi) is 5.03. The molecular weight excluding hydrogens is 242 g/mol. The summed E-state index contributed by atoms with van der Waals surface area (Å²) >= 11 is 0. The van der Waals surface area contributed by atoms with E-state index in [1.54, 1.807) is 12.1 Å². The number of amides is 1. The van der Waals surface area contributed by atoms with E-state index >= 15 is 0 Å². The number of rotatable bonds is 5. The van der Waals surface area contributed by atoms with Crippen LogP contribution in [0.2, 0.25) is 0 Å². The van der Waals surface area contributed by atoms with Gasteiger partial charge in [-0.05, 0) is 25.0 Å². The molecule has 0 bridgehead atoms. The first-order valence-electron chi connectivity index (χ1n) is 6.77. The molecule has 0 radical (unpaired) electrons. The van der Waals surface area contributed by atoms with Gasteiger partial charge in [0.2, 0.25) is 5.91 Å². The van der Waals surface area contributed by atoms with Gasteiger partial charge in [0.25, 0.3) is 0 Å². The van der Waals surface area contributed by atoms with Crippen LogP contribution in [0.25, 0.3) is 0 Å². The molecule has 1 aromatic carbocycles. The number of benzene rings is 1. The topological polar surface area (TPSA) is 67.6 Å². The molecule has 0 saturated carbocycles. The second kappa shape index (κ2) is 6.99. The standard InChI is InChI=1S/C14H21N3O2/c15-12-5-4-6-13(11-12)19-10-7-14(18)16-17-8-2-1-3-9-17/h4-6,11H,1-3,7-10,15H2,(H,16,18). The number of carbonyl (C=O) groups is 1. The number of anilines is 1. The minimum atomic E-state index is 0.00537. The Labute approximate surface area is 113 Å². The smallest absolute Gasteiger partial charge is 0.237 e. The van der Waals surface area contributed by atoms with Crippen molar-refractivity contribution in [2.45, 2.75) is 25.7 Å².